The van der Waals surface area contributed by atoms with E-state index in [1.165, 1.54) is 0 Å². The summed E-state index contributed by atoms with van der Waals surface area (Å²) >= 11 is 11.8. The predicted molar refractivity (Wildman–Crippen MR) is 77.5 cm³/mol. The number of nitrogens with zero attached hydrogens (tertiary/aromatic N) is 4. The molecule has 0 saturated carbocycles. The maximum Gasteiger partial charge on any atom is 0.225 e. The first kappa shape index (κ1) is 12.8. The summed E-state index contributed by atoms with van der Waals surface area (Å²) in [4.78, 5) is 12.3. The molecule has 96 valence electrons. The lowest BCUT2D eigenvalue weighted by Gasteiger charge is -2.06. The third-order valence-electron chi connectivity index (χ3n) is 2.78. The number of benzene rings is 1. The van der Waals surface area contributed by atoms with Crippen LogP contribution in [0.1, 0.15) is 5.56 Å². The molecular formula is C14H6Cl2N4. The van der Waals surface area contributed by atoms with Crippen LogP contribution in [0.4, 0.5) is 0 Å². The van der Waals surface area contributed by atoms with Gasteiger partial charge in [0.2, 0.25) is 5.28 Å². The molecule has 0 amide bonds. The first-order valence-corrected chi connectivity index (χ1v) is 6.44. The van der Waals surface area contributed by atoms with Crippen LogP contribution in [-0.4, -0.2) is 15.0 Å². The summed E-state index contributed by atoms with van der Waals surface area (Å²) in [5.41, 5.74) is 2.16. The zero-order chi connectivity index (χ0) is 14.1. The van der Waals surface area contributed by atoms with Gasteiger partial charge in [0.15, 0.2) is 5.65 Å². The van der Waals surface area contributed by atoms with Gasteiger partial charge in [-0.05, 0) is 17.7 Å². The van der Waals surface area contributed by atoms with E-state index in [1.807, 2.05) is 30.3 Å². The van der Waals surface area contributed by atoms with Crippen LogP contribution in [0, 0.1) is 11.3 Å². The first-order chi connectivity index (χ1) is 9.69. The molecule has 0 aliphatic heterocycles. The minimum atomic E-state index is 0.0266. The molecule has 0 unspecified atom stereocenters. The Morgan fingerprint density at radius 3 is 2.45 bits per heavy atom. The molecule has 0 atom stereocenters. The molecule has 0 aliphatic rings. The van der Waals surface area contributed by atoms with Gasteiger partial charge in [-0.25, -0.2) is 9.97 Å². The highest BCUT2D eigenvalue weighted by molar-refractivity contribution is 6.35. The Balaban J connectivity index is 2.36. The highest BCUT2D eigenvalue weighted by atomic mass is 35.5. The normalized spacial score (nSPS) is 10.4. The number of hydrogen-bond donors (Lipinski definition) is 0. The Bertz CT molecular complexity index is 841. The lowest BCUT2D eigenvalue weighted by atomic mass is 10.1. The number of fused-ring (bicyclic) bond motifs is 1. The van der Waals surface area contributed by atoms with Gasteiger partial charge in [0.1, 0.15) is 11.2 Å². The van der Waals surface area contributed by atoms with E-state index in [0.717, 1.165) is 5.56 Å². The molecule has 2 aromatic heterocycles. The second-order valence-electron chi connectivity index (χ2n) is 4.02. The molecule has 20 heavy (non-hydrogen) atoms. The van der Waals surface area contributed by atoms with Crippen LogP contribution in [0.3, 0.4) is 0 Å². The van der Waals surface area contributed by atoms with E-state index in [4.69, 9.17) is 23.2 Å². The van der Waals surface area contributed by atoms with E-state index in [2.05, 4.69) is 21.0 Å². The van der Waals surface area contributed by atoms with E-state index in [9.17, 15) is 5.26 Å². The molecular weight excluding hydrogens is 295 g/mol. The second kappa shape index (κ2) is 5.04. The summed E-state index contributed by atoms with van der Waals surface area (Å²) in [5.74, 6) is 0. The van der Waals surface area contributed by atoms with Crippen LogP contribution >= 0.6 is 23.2 Å². The standard InChI is InChI=1S/C14H6Cl2N4/c15-12-10-6-9(7-17)11(8-4-2-1-3-5-8)18-13(10)20-14(16)19-12/h1-6H. The van der Waals surface area contributed by atoms with Crippen LogP contribution in [0.15, 0.2) is 36.4 Å². The maximum atomic E-state index is 9.28. The fraction of sp³-hybridized carbons (Fsp3) is 0. The molecule has 0 saturated heterocycles. The van der Waals surface area contributed by atoms with Crippen LogP contribution in [-0.2, 0) is 0 Å². The molecule has 0 radical (unpaired) electrons. The van der Waals surface area contributed by atoms with Crippen molar-refractivity contribution in [1.82, 2.24) is 15.0 Å². The zero-order valence-electron chi connectivity index (χ0n) is 10.0. The summed E-state index contributed by atoms with van der Waals surface area (Å²) in [6, 6.07) is 13.1. The van der Waals surface area contributed by atoms with Gasteiger partial charge < -0.3 is 0 Å². The van der Waals surface area contributed by atoms with E-state index in [0.29, 0.717) is 22.3 Å². The van der Waals surface area contributed by atoms with Crippen molar-refractivity contribution < 1.29 is 0 Å². The molecule has 0 bridgehead atoms. The molecule has 4 nitrogen and oxygen atoms in total. The summed E-state index contributed by atoms with van der Waals surface area (Å²) < 4.78 is 0. The lowest BCUT2D eigenvalue weighted by molar-refractivity contribution is 1.18. The Morgan fingerprint density at radius 2 is 1.75 bits per heavy atom. The van der Waals surface area contributed by atoms with Gasteiger partial charge >= 0.3 is 0 Å². The highest BCUT2D eigenvalue weighted by Crippen LogP contribution is 2.28. The number of rotatable bonds is 1. The van der Waals surface area contributed by atoms with Crippen molar-refractivity contribution >= 4 is 34.2 Å². The van der Waals surface area contributed by atoms with Crippen LogP contribution in [0.5, 0.6) is 0 Å². The average molecular weight is 301 g/mol. The van der Waals surface area contributed by atoms with Gasteiger partial charge in [0.05, 0.1) is 16.6 Å². The van der Waals surface area contributed by atoms with Gasteiger partial charge in [-0.1, -0.05) is 41.9 Å². The molecule has 2 heterocycles. The number of halogens is 2. The molecule has 1 aromatic carbocycles. The van der Waals surface area contributed by atoms with Gasteiger partial charge in [-0.2, -0.15) is 10.2 Å². The summed E-state index contributed by atoms with van der Waals surface area (Å²) in [5, 5.41) is 10.0. The minimum absolute atomic E-state index is 0.0266. The third-order valence-corrected chi connectivity index (χ3v) is 3.24. The van der Waals surface area contributed by atoms with Crippen molar-refractivity contribution in [3.8, 4) is 17.3 Å². The number of hydrogen-bond acceptors (Lipinski definition) is 4. The van der Waals surface area contributed by atoms with E-state index >= 15 is 0 Å². The topological polar surface area (TPSA) is 62.5 Å². The van der Waals surface area contributed by atoms with Crippen molar-refractivity contribution in [2.75, 3.05) is 0 Å². The lowest BCUT2D eigenvalue weighted by Crippen LogP contribution is -1.95. The fourth-order valence-electron chi connectivity index (χ4n) is 1.90. The SMILES string of the molecule is N#Cc1cc2c(Cl)nc(Cl)nc2nc1-c1ccccc1. The smallest absolute Gasteiger partial charge is 0.225 e. The first-order valence-electron chi connectivity index (χ1n) is 5.68. The monoisotopic (exact) mass is 300 g/mol. The Kier molecular flexibility index (Phi) is 3.23. The molecule has 0 N–H and O–H groups in total. The molecule has 3 rings (SSSR count). The van der Waals surface area contributed by atoms with E-state index in [-0.39, 0.29) is 10.4 Å². The Morgan fingerprint density at radius 1 is 1.00 bits per heavy atom. The van der Waals surface area contributed by atoms with Crippen molar-refractivity contribution in [2.24, 2.45) is 0 Å². The number of nitriles is 1. The Labute approximate surface area is 124 Å². The van der Waals surface area contributed by atoms with Crippen LogP contribution < -0.4 is 0 Å². The molecule has 0 aliphatic carbocycles. The number of aromatic nitrogens is 3. The van der Waals surface area contributed by atoms with Gasteiger partial charge in [0, 0.05) is 5.56 Å². The Hall–Kier alpha value is -2.22. The molecule has 6 heteroatoms. The quantitative estimate of drug-likeness (QED) is 0.505. The van der Waals surface area contributed by atoms with Crippen molar-refractivity contribution in [3.63, 3.8) is 0 Å². The van der Waals surface area contributed by atoms with Gasteiger partial charge in [0.25, 0.3) is 0 Å². The molecule has 3 aromatic rings. The van der Waals surface area contributed by atoms with Crippen molar-refractivity contribution in [2.45, 2.75) is 0 Å². The summed E-state index contributed by atoms with van der Waals surface area (Å²) in [6.07, 6.45) is 0. The molecule has 0 fully saturated rings. The highest BCUT2D eigenvalue weighted by Gasteiger charge is 2.13. The van der Waals surface area contributed by atoms with Crippen molar-refractivity contribution in [3.05, 3.63) is 52.4 Å². The van der Waals surface area contributed by atoms with E-state index in [1.54, 1.807) is 6.07 Å². The zero-order valence-corrected chi connectivity index (χ0v) is 11.5. The maximum absolute atomic E-state index is 9.28. The molecule has 0 spiro atoms. The van der Waals surface area contributed by atoms with Gasteiger partial charge in [-0.3, -0.25) is 0 Å². The largest absolute Gasteiger partial charge is 0.226 e. The van der Waals surface area contributed by atoms with Crippen LogP contribution in [0.25, 0.3) is 22.3 Å². The van der Waals surface area contributed by atoms with E-state index < -0.39 is 0 Å². The van der Waals surface area contributed by atoms with Crippen LogP contribution in [0.2, 0.25) is 10.4 Å². The van der Waals surface area contributed by atoms with Crippen molar-refractivity contribution in [1.29, 1.82) is 5.26 Å². The summed E-state index contributed by atoms with van der Waals surface area (Å²) in [6.45, 7) is 0. The second-order valence-corrected chi connectivity index (χ2v) is 4.71. The number of pyridine rings is 1. The third kappa shape index (κ3) is 2.18. The fourth-order valence-corrected chi connectivity index (χ4v) is 2.32. The average Bonchev–Trinajstić information content (AvgIpc) is 2.47. The van der Waals surface area contributed by atoms with Gasteiger partial charge in [-0.15, -0.1) is 0 Å². The predicted octanol–water partition coefficient (Wildman–Crippen LogP) is 3.87. The summed E-state index contributed by atoms with van der Waals surface area (Å²) in [7, 11) is 0. The minimum Gasteiger partial charge on any atom is -0.226 e.